The summed E-state index contributed by atoms with van der Waals surface area (Å²) in [5, 5.41) is 17.7. The first-order chi connectivity index (χ1) is 9.63. The third-order valence-corrected chi connectivity index (χ3v) is 2.38. The van der Waals surface area contributed by atoms with E-state index in [1.54, 1.807) is 0 Å². The van der Waals surface area contributed by atoms with Crippen LogP contribution in [0.5, 0.6) is 17.4 Å². The Kier molecular flexibility index (Phi) is 3.77. The summed E-state index contributed by atoms with van der Waals surface area (Å²) in [4.78, 5) is 18.8. The van der Waals surface area contributed by atoms with Crippen LogP contribution >= 0.6 is 0 Å². The number of rotatable bonds is 4. The van der Waals surface area contributed by atoms with Gasteiger partial charge in [-0.05, 0) is 12.1 Å². The maximum absolute atomic E-state index is 11.1. The zero-order valence-corrected chi connectivity index (χ0v) is 10.4. The fraction of sp³-hybridized carbons (Fsp3) is 0.0769. The molecule has 0 saturated heterocycles. The number of nitrogens with zero attached hydrogens (tertiary/aromatic N) is 3. The second-order valence-corrected chi connectivity index (χ2v) is 3.62. The number of benzene rings is 1. The van der Waals surface area contributed by atoms with Crippen molar-refractivity contribution >= 4 is 5.97 Å². The number of methoxy groups -OCH3 is 1. The van der Waals surface area contributed by atoms with E-state index < -0.39 is 5.97 Å². The molecule has 0 unspecified atom stereocenters. The second-order valence-electron chi connectivity index (χ2n) is 3.62. The number of carbonyl (C=O) groups is 1. The number of hydrogen-bond acceptors (Lipinski definition) is 6. The summed E-state index contributed by atoms with van der Waals surface area (Å²) >= 11 is 0. The molecule has 0 bridgehead atoms. The minimum Gasteiger partial charge on any atom is -0.497 e. The molecular weight excluding hydrogens is 262 g/mol. The van der Waals surface area contributed by atoms with Crippen LogP contribution in [-0.4, -0.2) is 28.2 Å². The number of aromatic carboxylic acids is 1. The molecule has 0 spiro atoms. The number of hydrogen-bond donors (Lipinski definition) is 1. The Morgan fingerprint density at radius 1 is 1.35 bits per heavy atom. The van der Waals surface area contributed by atoms with Gasteiger partial charge in [0.15, 0.2) is 5.69 Å². The van der Waals surface area contributed by atoms with Crippen LogP contribution in [0.3, 0.4) is 0 Å². The van der Waals surface area contributed by atoms with Crippen molar-refractivity contribution in [3.8, 4) is 23.4 Å². The fourth-order valence-corrected chi connectivity index (χ4v) is 1.43. The predicted octanol–water partition coefficient (Wildman–Crippen LogP) is 1.85. The van der Waals surface area contributed by atoms with Crippen molar-refractivity contribution in [2.75, 3.05) is 7.11 Å². The van der Waals surface area contributed by atoms with Crippen LogP contribution < -0.4 is 9.47 Å². The Labute approximate surface area is 114 Å². The molecule has 100 valence electrons. The third kappa shape index (κ3) is 2.81. The highest BCUT2D eigenvalue weighted by Gasteiger charge is 2.14. The van der Waals surface area contributed by atoms with E-state index in [-0.39, 0.29) is 22.9 Å². The van der Waals surface area contributed by atoms with Crippen molar-refractivity contribution < 1.29 is 19.4 Å². The summed E-state index contributed by atoms with van der Waals surface area (Å²) in [5.74, 6) is -0.522. The maximum Gasteiger partial charge on any atom is 0.339 e. The van der Waals surface area contributed by atoms with Crippen molar-refractivity contribution in [1.82, 2.24) is 9.97 Å². The molecule has 0 radical (unpaired) electrons. The van der Waals surface area contributed by atoms with Crippen molar-refractivity contribution in [1.29, 1.82) is 5.26 Å². The van der Waals surface area contributed by atoms with Crippen LogP contribution in [0.15, 0.2) is 30.6 Å². The highest BCUT2D eigenvalue weighted by molar-refractivity contribution is 5.91. The van der Waals surface area contributed by atoms with Crippen molar-refractivity contribution in [3.05, 3.63) is 41.9 Å². The molecule has 0 amide bonds. The molecular formula is C13H9N3O4. The molecule has 2 aromatic rings. The van der Waals surface area contributed by atoms with Gasteiger partial charge in [0, 0.05) is 6.07 Å². The quantitative estimate of drug-likeness (QED) is 0.904. The summed E-state index contributed by atoms with van der Waals surface area (Å²) in [6.07, 6.45) is 2.47. The lowest BCUT2D eigenvalue weighted by atomic mass is 10.2. The van der Waals surface area contributed by atoms with Gasteiger partial charge in [0.05, 0.1) is 19.5 Å². The van der Waals surface area contributed by atoms with Crippen LogP contribution in [0.2, 0.25) is 0 Å². The van der Waals surface area contributed by atoms with E-state index in [0.717, 1.165) is 0 Å². The highest BCUT2D eigenvalue weighted by Crippen LogP contribution is 2.28. The molecule has 20 heavy (non-hydrogen) atoms. The van der Waals surface area contributed by atoms with Gasteiger partial charge in [-0.2, -0.15) is 5.26 Å². The number of carboxylic acids is 1. The predicted molar refractivity (Wildman–Crippen MR) is 66.8 cm³/mol. The topological polar surface area (TPSA) is 105 Å². The molecule has 1 aromatic carbocycles. The number of carboxylic acid groups (broad SMARTS) is 1. The largest absolute Gasteiger partial charge is 0.497 e. The van der Waals surface area contributed by atoms with E-state index in [0.29, 0.717) is 5.75 Å². The zero-order chi connectivity index (χ0) is 14.5. The Morgan fingerprint density at radius 3 is 2.70 bits per heavy atom. The summed E-state index contributed by atoms with van der Waals surface area (Å²) in [6, 6.07) is 6.14. The number of aromatic nitrogens is 2. The number of ether oxygens (including phenoxy) is 2. The Balaban J connectivity index is 2.35. The Hall–Kier alpha value is -3.14. The molecule has 7 heteroatoms. The van der Waals surface area contributed by atoms with Gasteiger partial charge in [-0.1, -0.05) is 0 Å². The van der Waals surface area contributed by atoms with Gasteiger partial charge < -0.3 is 14.6 Å². The van der Waals surface area contributed by atoms with Gasteiger partial charge >= 0.3 is 5.97 Å². The van der Waals surface area contributed by atoms with Crippen LogP contribution in [-0.2, 0) is 0 Å². The second kappa shape index (κ2) is 5.67. The fourth-order valence-electron chi connectivity index (χ4n) is 1.43. The van der Waals surface area contributed by atoms with Crippen LogP contribution in [0, 0.1) is 11.3 Å². The first-order valence-corrected chi connectivity index (χ1v) is 5.45. The summed E-state index contributed by atoms with van der Waals surface area (Å²) < 4.78 is 10.4. The zero-order valence-electron chi connectivity index (χ0n) is 10.4. The first kappa shape index (κ1) is 13.3. The molecule has 0 aliphatic rings. The van der Waals surface area contributed by atoms with E-state index in [9.17, 15) is 4.79 Å². The van der Waals surface area contributed by atoms with E-state index >= 15 is 0 Å². The maximum atomic E-state index is 11.1. The van der Waals surface area contributed by atoms with Gasteiger partial charge in [-0.15, -0.1) is 0 Å². The Bertz CT molecular complexity index is 677. The van der Waals surface area contributed by atoms with Crippen molar-refractivity contribution in [3.63, 3.8) is 0 Å². The molecule has 1 heterocycles. The van der Waals surface area contributed by atoms with Crippen molar-refractivity contribution in [2.45, 2.75) is 0 Å². The van der Waals surface area contributed by atoms with Gasteiger partial charge in [0.25, 0.3) is 0 Å². The number of nitriles is 1. The Morgan fingerprint density at radius 2 is 2.15 bits per heavy atom. The van der Waals surface area contributed by atoms with Gasteiger partial charge in [0.1, 0.15) is 23.1 Å². The minimum atomic E-state index is -1.13. The smallest absolute Gasteiger partial charge is 0.339 e. The van der Waals surface area contributed by atoms with E-state index in [2.05, 4.69) is 9.97 Å². The normalized spacial score (nSPS) is 9.60. The molecule has 0 saturated carbocycles. The van der Waals surface area contributed by atoms with E-state index in [4.69, 9.17) is 19.8 Å². The highest BCUT2D eigenvalue weighted by atomic mass is 16.5. The van der Waals surface area contributed by atoms with Crippen LogP contribution in [0.1, 0.15) is 16.1 Å². The molecule has 1 N–H and O–H groups in total. The van der Waals surface area contributed by atoms with E-state index in [1.165, 1.54) is 37.7 Å². The average Bonchev–Trinajstić information content (AvgIpc) is 2.47. The molecule has 7 nitrogen and oxygen atoms in total. The van der Waals surface area contributed by atoms with Gasteiger partial charge in [0.2, 0.25) is 5.88 Å². The third-order valence-electron chi connectivity index (χ3n) is 2.38. The van der Waals surface area contributed by atoms with E-state index in [1.807, 2.05) is 6.07 Å². The van der Waals surface area contributed by atoms with Crippen LogP contribution in [0.4, 0.5) is 0 Å². The van der Waals surface area contributed by atoms with Gasteiger partial charge in [-0.3, -0.25) is 0 Å². The lowest BCUT2D eigenvalue weighted by Gasteiger charge is -2.09. The SMILES string of the molecule is COc1ccc(C(=O)O)c(Oc2cnc(C#N)cn2)c1. The lowest BCUT2D eigenvalue weighted by molar-refractivity contribution is 0.0694. The van der Waals surface area contributed by atoms with Gasteiger partial charge in [-0.25, -0.2) is 14.8 Å². The molecule has 0 atom stereocenters. The summed E-state index contributed by atoms with van der Waals surface area (Å²) in [5.41, 5.74) is 0.110. The monoisotopic (exact) mass is 271 g/mol. The first-order valence-electron chi connectivity index (χ1n) is 5.45. The average molecular weight is 271 g/mol. The molecule has 1 aromatic heterocycles. The lowest BCUT2D eigenvalue weighted by Crippen LogP contribution is -2.01. The summed E-state index contributed by atoms with van der Waals surface area (Å²) in [6.45, 7) is 0. The minimum absolute atomic E-state index is 0.0306. The molecule has 0 aliphatic carbocycles. The molecule has 2 rings (SSSR count). The summed E-state index contributed by atoms with van der Waals surface area (Å²) in [7, 11) is 1.46. The van der Waals surface area contributed by atoms with Crippen molar-refractivity contribution in [2.24, 2.45) is 0 Å². The molecule has 0 fully saturated rings. The standard InChI is InChI=1S/C13H9N3O4/c1-19-9-2-3-10(13(17)18)11(4-9)20-12-7-15-8(5-14)6-16-12/h2-4,6-7H,1H3,(H,17,18). The molecule has 0 aliphatic heterocycles. The van der Waals surface area contributed by atoms with Crippen LogP contribution in [0.25, 0.3) is 0 Å².